The fourth-order valence-electron chi connectivity index (χ4n) is 1.50. The maximum atomic E-state index is 13.6. The number of anilines is 1. The molecule has 0 atom stereocenters. The van der Waals surface area contributed by atoms with Gasteiger partial charge in [-0.3, -0.25) is 4.79 Å². The predicted octanol–water partition coefficient (Wildman–Crippen LogP) is 1.33. The Labute approximate surface area is 89.8 Å². The van der Waals surface area contributed by atoms with Crippen molar-refractivity contribution in [2.45, 2.75) is 6.92 Å². The summed E-state index contributed by atoms with van der Waals surface area (Å²) in [7, 11) is 0. The van der Waals surface area contributed by atoms with Crippen molar-refractivity contribution in [3.63, 3.8) is 0 Å². The Bertz CT molecular complexity index is 472. The van der Waals surface area contributed by atoms with E-state index in [0.717, 1.165) is 6.07 Å². The van der Waals surface area contributed by atoms with Crippen LogP contribution in [0.1, 0.15) is 5.56 Å². The Kier molecular flexibility index (Phi) is 2.34. The summed E-state index contributed by atoms with van der Waals surface area (Å²) in [4.78, 5) is 23.1. The Balaban J connectivity index is 2.59. The van der Waals surface area contributed by atoms with E-state index < -0.39 is 29.3 Å². The molecule has 1 aliphatic heterocycles. The molecule has 1 fully saturated rings. The zero-order valence-corrected chi connectivity index (χ0v) is 8.38. The van der Waals surface area contributed by atoms with Gasteiger partial charge in [0.15, 0.2) is 11.6 Å². The lowest BCUT2D eigenvalue weighted by Crippen LogP contribution is -2.32. The van der Waals surface area contributed by atoms with Crippen LogP contribution in [-0.2, 0) is 4.79 Å². The van der Waals surface area contributed by atoms with Crippen molar-refractivity contribution < 1.29 is 18.4 Å². The van der Waals surface area contributed by atoms with E-state index in [9.17, 15) is 18.4 Å². The number of benzene rings is 1. The highest BCUT2D eigenvalue weighted by Gasteiger charge is 2.34. The van der Waals surface area contributed by atoms with Crippen LogP contribution in [0.15, 0.2) is 12.1 Å². The molecule has 1 saturated heterocycles. The summed E-state index contributed by atoms with van der Waals surface area (Å²) < 4.78 is 27.1. The van der Waals surface area contributed by atoms with E-state index >= 15 is 0 Å². The van der Waals surface area contributed by atoms with Crippen molar-refractivity contribution in [1.82, 2.24) is 5.32 Å². The van der Waals surface area contributed by atoms with Gasteiger partial charge in [0.2, 0.25) is 0 Å². The van der Waals surface area contributed by atoms with E-state index in [0.29, 0.717) is 4.90 Å². The lowest BCUT2D eigenvalue weighted by atomic mass is 10.2. The second-order valence-electron chi connectivity index (χ2n) is 3.41. The number of amides is 3. The first-order valence-corrected chi connectivity index (χ1v) is 4.57. The molecule has 16 heavy (non-hydrogen) atoms. The number of nitrogens with one attached hydrogen (secondary N) is 1. The highest BCUT2D eigenvalue weighted by molar-refractivity contribution is 6.19. The van der Waals surface area contributed by atoms with Crippen molar-refractivity contribution in [1.29, 1.82) is 0 Å². The van der Waals surface area contributed by atoms with Crippen LogP contribution >= 0.6 is 0 Å². The zero-order valence-electron chi connectivity index (χ0n) is 8.38. The average molecular weight is 226 g/mol. The number of aryl methyl sites for hydroxylation is 1. The minimum absolute atomic E-state index is 0.170. The molecule has 0 unspecified atom stereocenters. The fourth-order valence-corrected chi connectivity index (χ4v) is 1.50. The standard InChI is InChI=1S/C10H8F2N2O2/c1-5-2-3-6(11)9(8(5)12)14-7(15)4-13-10(14)16/h2-3H,4H2,1H3,(H,13,16). The van der Waals surface area contributed by atoms with Gasteiger partial charge in [0.25, 0.3) is 5.91 Å². The van der Waals surface area contributed by atoms with Gasteiger partial charge in [-0.15, -0.1) is 0 Å². The molecule has 0 radical (unpaired) electrons. The van der Waals surface area contributed by atoms with Gasteiger partial charge in [-0.05, 0) is 18.6 Å². The lowest BCUT2D eigenvalue weighted by molar-refractivity contribution is -0.115. The van der Waals surface area contributed by atoms with Gasteiger partial charge in [-0.2, -0.15) is 0 Å². The molecule has 84 valence electrons. The molecule has 0 bridgehead atoms. The van der Waals surface area contributed by atoms with Crippen LogP contribution in [0.2, 0.25) is 0 Å². The van der Waals surface area contributed by atoms with Gasteiger partial charge in [0, 0.05) is 0 Å². The Hall–Kier alpha value is -1.98. The number of hydrogen-bond donors (Lipinski definition) is 1. The SMILES string of the molecule is Cc1ccc(F)c(N2C(=O)CNC2=O)c1F. The van der Waals surface area contributed by atoms with E-state index in [1.807, 2.05) is 0 Å². The van der Waals surface area contributed by atoms with E-state index in [4.69, 9.17) is 0 Å². The molecule has 1 aromatic carbocycles. The van der Waals surface area contributed by atoms with Gasteiger partial charge in [-0.25, -0.2) is 18.5 Å². The number of carbonyl (C=O) groups excluding carboxylic acids is 2. The summed E-state index contributed by atoms with van der Waals surface area (Å²) in [6.07, 6.45) is 0. The molecule has 1 aromatic rings. The fraction of sp³-hybridized carbons (Fsp3) is 0.200. The molecule has 0 saturated carbocycles. The Morgan fingerprint density at radius 3 is 2.56 bits per heavy atom. The number of urea groups is 1. The number of rotatable bonds is 1. The van der Waals surface area contributed by atoms with Gasteiger partial charge < -0.3 is 5.32 Å². The Morgan fingerprint density at radius 2 is 2.00 bits per heavy atom. The van der Waals surface area contributed by atoms with Crippen molar-refractivity contribution in [3.8, 4) is 0 Å². The average Bonchev–Trinajstić information content (AvgIpc) is 2.56. The van der Waals surface area contributed by atoms with Crippen LogP contribution in [0.5, 0.6) is 0 Å². The summed E-state index contributed by atoms with van der Waals surface area (Å²) in [5.41, 5.74) is -0.441. The van der Waals surface area contributed by atoms with Crippen molar-refractivity contribution >= 4 is 17.6 Å². The van der Waals surface area contributed by atoms with E-state index in [1.54, 1.807) is 0 Å². The van der Waals surface area contributed by atoms with Crippen molar-refractivity contribution in [2.24, 2.45) is 0 Å². The number of hydrogen-bond acceptors (Lipinski definition) is 2. The predicted molar refractivity (Wildman–Crippen MR) is 52.0 cm³/mol. The molecular weight excluding hydrogens is 218 g/mol. The topological polar surface area (TPSA) is 49.4 Å². The summed E-state index contributed by atoms with van der Waals surface area (Å²) in [6, 6.07) is 1.45. The molecule has 1 aliphatic rings. The largest absolute Gasteiger partial charge is 0.329 e. The summed E-state index contributed by atoms with van der Waals surface area (Å²) in [5, 5.41) is 2.20. The first kappa shape index (κ1) is 10.5. The molecule has 0 aliphatic carbocycles. The molecule has 2 rings (SSSR count). The molecular formula is C10H8F2N2O2. The third kappa shape index (κ3) is 1.42. The first-order valence-electron chi connectivity index (χ1n) is 4.57. The van der Waals surface area contributed by atoms with Crippen LogP contribution in [0.3, 0.4) is 0 Å². The van der Waals surface area contributed by atoms with Crippen LogP contribution in [0.25, 0.3) is 0 Å². The number of halogens is 2. The minimum atomic E-state index is -0.937. The van der Waals surface area contributed by atoms with E-state index in [-0.39, 0.29) is 12.1 Å². The Morgan fingerprint density at radius 1 is 1.31 bits per heavy atom. The van der Waals surface area contributed by atoms with Gasteiger partial charge in [-0.1, -0.05) is 6.07 Å². The quantitative estimate of drug-likeness (QED) is 0.734. The van der Waals surface area contributed by atoms with Crippen LogP contribution < -0.4 is 10.2 Å². The van der Waals surface area contributed by atoms with Gasteiger partial charge >= 0.3 is 6.03 Å². The molecule has 4 nitrogen and oxygen atoms in total. The minimum Gasteiger partial charge on any atom is -0.328 e. The highest BCUT2D eigenvalue weighted by Crippen LogP contribution is 2.27. The normalized spacial score (nSPS) is 15.6. The van der Waals surface area contributed by atoms with Crippen LogP contribution in [0, 0.1) is 18.6 Å². The monoisotopic (exact) mass is 226 g/mol. The van der Waals surface area contributed by atoms with Crippen molar-refractivity contribution in [3.05, 3.63) is 29.3 Å². The number of imide groups is 1. The number of carbonyl (C=O) groups is 2. The molecule has 0 aromatic heterocycles. The maximum Gasteiger partial charge on any atom is 0.329 e. The van der Waals surface area contributed by atoms with Crippen molar-refractivity contribution in [2.75, 3.05) is 11.4 Å². The second kappa shape index (κ2) is 3.55. The highest BCUT2D eigenvalue weighted by atomic mass is 19.1. The van der Waals surface area contributed by atoms with E-state index in [1.165, 1.54) is 13.0 Å². The number of nitrogens with zero attached hydrogens (tertiary/aromatic N) is 1. The van der Waals surface area contributed by atoms with Crippen LogP contribution in [-0.4, -0.2) is 18.5 Å². The molecule has 6 heteroatoms. The molecule has 1 N–H and O–H groups in total. The molecule has 0 spiro atoms. The molecule has 3 amide bonds. The first-order chi connectivity index (χ1) is 7.52. The second-order valence-corrected chi connectivity index (χ2v) is 3.41. The zero-order chi connectivity index (χ0) is 11.9. The third-order valence-electron chi connectivity index (χ3n) is 2.33. The smallest absolute Gasteiger partial charge is 0.328 e. The third-order valence-corrected chi connectivity index (χ3v) is 2.33. The summed E-state index contributed by atoms with van der Waals surface area (Å²) in [5.74, 6) is -2.51. The van der Waals surface area contributed by atoms with Crippen LogP contribution in [0.4, 0.5) is 19.3 Å². The van der Waals surface area contributed by atoms with Gasteiger partial charge in [0.05, 0.1) is 6.54 Å². The molecule has 1 heterocycles. The maximum absolute atomic E-state index is 13.6. The van der Waals surface area contributed by atoms with E-state index in [2.05, 4.69) is 5.32 Å². The summed E-state index contributed by atoms with van der Waals surface area (Å²) >= 11 is 0. The summed E-state index contributed by atoms with van der Waals surface area (Å²) in [6.45, 7) is 1.18. The lowest BCUT2D eigenvalue weighted by Gasteiger charge is -2.15. The van der Waals surface area contributed by atoms with Gasteiger partial charge in [0.1, 0.15) is 5.69 Å².